The number of hydrogen-bond donors (Lipinski definition) is 2. The van der Waals surface area contributed by atoms with Gasteiger partial charge in [0, 0.05) is 55.7 Å². The summed E-state index contributed by atoms with van der Waals surface area (Å²) in [6.45, 7) is 5.67. The van der Waals surface area contributed by atoms with Crippen LogP contribution in [0.3, 0.4) is 0 Å². The number of nitrogen functional groups attached to an aromatic ring is 1. The van der Waals surface area contributed by atoms with Crippen LogP contribution in [0.2, 0.25) is 0 Å². The summed E-state index contributed by atoms with van der Waals surface area (Å²) >= 11 is 0. The Bertz CT molecular complexity index is 1180. The molecule has 1 saturated carbocycles. The number of likely N-dealkylation sites (tertiary alicyclic amines) is 1. The number of carbonyl (C=O) groups excluding carboxylic acids is 1. The number of aromatic nitrogens is 3. The van der Waals surface area contributed by atoms with Gasteiger partial charge in [0.25, 0.3) is 0 Å². The first-order valence-corrected chi connectivity index (χ1v) is 11.0. The molecule has 3 aromatic heterocycles. The van der Waals surface area contributed by atoms with Gasteiger partial charge in [0.05, 0.1) is 12.3 Å². The van der Waals surface area contributed by atoms with Crippen LogP contribution in [0.1, 0.15) is 18.4 Å². The molecule has 1 amide bonds. The van der Waals surface area contributed by atoms with Crippen molar-refractivity contribution in [3.63, 3.8) is 0 Å². The summed E-state index contributed by atoms with van der Waals surface area (Å²) < 4.78 is 5.19. The fourth-order valence-corrected chi connectivity index (χ4v) is 4.89. The average molecular weight is 433 g/mol. The zero-order valence-electron chi connectivity index (χ0n) is 18.5. The molecule has 32 heavy (non-hydrogen) atoms. The molecule has 2 atom stereocenters. The van der Waals surface area contributed by atoms with Crippen molar-refractivity contribution in [3.8, 4) is 11.3 Å². The Labute approximate surface area is 187 Å². The standard InChI is InChI=1S/C24H28N6O2/c1-15-3-5-26-12-17(15)20-9-16-10-21(27-13-18(16)22(25)28-20)29-23(31)19-11-24(19)4-6-30(14-24)7-8-32-2/h3,5,9-10,12-13,19H,4,6-8,11,14H2,1-2H3,(H2,25,28)(H,27,29,31). The minimum atomic E-state index is 0.0451. The number of carbonyl (C=O) groups is 1. The summed E-state index contributed by atoms with van der Waals surface area (Å²) in [5, 5.41) is 4.68. The fraction of sp³-hybridized carbons (Fsp3) is 0.417. The van der Waals surface area contributed by atoms with E-state index >= 15 is 0 Å². The number of nitrogens with two attached hydrogens (primary N) is 1. The Balaban J connectivity index is 1.33. The predicted octanol–water partition coefficient (Wildman–Crippen LogP) is 2.88. The van der Waals surface area contributed by atoms with Gasteiger partial charge in [-0.2, -0.15) is 0 Å². The average Bonchev–Trinajstić information content (AvgIpc) is 3.34. The van der Waals surface area contributed by atoms with Crippen molar-refractivity contribution in [2.24, 2.45) is 11.3 Å². The van der Waals surface area contributed by atoms with Crippen LogP contribution in [-0.2, 0) is 9.53 Å². The Morgan fingerprint density at radius 1 is 1.38 bits per heavy atom. The normalized spacial score (nSPS) is 22.5. The van der Waals surface area contributed by atoms with E-state index in [-0.39, 0.29) is 17.2 Å². The molecule has 3 aromatic rings. The highest BCUT2D eigenvalue weighted by Gasteiger charge is 2.60. The van der Waals surface area contributed by atoms with Gasteiger partial charge in [0.2, 0.25) is 5.91 Å². The number of pyridine rings is 3. The molecule has 1 aliphatic carbocycles. The first-order chi connectivity index (χ1) is 15.5. The van der Waals surface area contributed by atoms with E-state index in [0.717, 1.165) is 66.7 Å². The van der Waals surface area contributed by atoms with Crippen molar-refractivity contribution in [2.45, 2.75) is 19.8 Å². The van der Waals surface area contributed by atoms with Gasteiger partial charge in [-0.3, -0.25) is 9.78 Å². The third-order valence-corrected chi connectivity index (χ3v) is 6.89. The van der Waals surface area contributed by atoms with Crippen LogP contribution in [-0.4, -0.2) is 59.1 Å². The number of ether oxygens (including phenoxy) is 1. The number of nitrogens with one attached hydrogen (secondary N) is 1. The van der Waals surface area contributed by atoms with Crippen molar-refractivity contribution in [1.82, 2.24) is 19.9 Å². The zero-order chi connectivity index (χ0) is 22.3. The molecule has 5 rings (SSSR count). The summed E-state index contributed by atoms with van der Waals surface area (Å²) in [5.41, 5.74) is 9.09. The molecule has 1 saturated heterocycles. The van der Waals surface area contributed by atoms with Crippen LogP contribution in [0.5, 0.6) is 0 Å². The number of nitrogens with zero attached hydrogens (tertiary/aromatic N) is 4. The molecule has 1 aliphatic heterocycles. The third kappa shape index (κ3) is 3.80. The second-order valence-electron chi connectivity index (χ2n) is 9.00. The van der Waals surface area contributed by atoms with Gasteiger partial charge in [-0.15, -0.1) is 0 Å². The van der Waals surface area contributed by atoms with E-state index in [2.05, 4.69) is 25.2 Å². The Morgan fingerprint density at radius 2 is 2.25 bits per heavy atom. The van der Waals surface area contributed by atoms with Gasteiger partial charge in [-0.25, -0.2) is 9.97 Å². The molecular formula is C24H28N6O2. The molecule has 2 aliphatic rings. The minimum Gasteiger partial charge on any atom is -0.383 e. The lowest BCUT2D eigenvalue weighted by molar-refractivity contribution is -0.118. The largest absolute Gasteiger partial charge is 0.383 e. The van der Waals surface area contributed by atoms with Crippen molar-refractivity contribution < 1.29 is 9.53 Å². The number of aryl methyl sites for hydroxylation is 1. The van der Waals surface area contributed by atoms with Gasteiger partial charge < -0.3 is 20.7 Å². The molecule has 8 nitrogen and oxygen atoms in total. The summed E-state index contributed by atoms with van der Waals surface area (Å²) in [7, 11) is 1.72. The van der Waals surface area contributed by atoms with E-state index in [0.29, 0.717) is 11.6 Å². The second-order valence-corrected chi connectivity index (χ2v) is 9.00. The SMILES string of the molecule is COCCN1CCC2(CC2C(=O)Nc2cc3cc(-c4cnccc4C)nc(N)c3cn2)C1. The lowest BCUT2D eigenvalue weighted by Crippen LogP contribution is -2.26. The smallest absolute Gasteiger partial charge is 0.229 e. The van der Waals surface area contributed by atoms with Gasteiger partial charge in [0.1, 0.15) is 11.6 Å². The molecule has 3 N–H and O–H groups in total. The monoisotopic (exact) mass is 432 g/mol. The lowest BCUT2D eigenvalue weighted by atomic mass is 10.0. The van der Waals surface area contributed by atoms with Gasteiger partial charge in [-0.05, 0) is 60.9 Å². The zero-order valence-corrected chi connectivity index (χ0v) is 18.5. The van der Waals surface area contributed by atoms with Gasteiger partial charge >= 0.3 is 0 Å². The highest BCUT2D eigenvalue weighted by atomic mass is 16.5. The quantitative estimate of drug-likeness (QED) is 0.617. The summed E-state index contributed by atoms with van der Waals surface area (Å²) in [6.07, 6.45) is 7.23. The Hall–Kier alpha value is -3.10. The fourth-order valence-electron chi connectivity index (χ4n) is 4.89. The van der Waals surface area contributed by atoms with Crippen LogP contribution in [0.15, 0.2) is 36.8 Å². The number of rotatable bonds is 6. The van der Waals surface area contributed by atoms with Crippen LogP contribution < -0.4 is 11.1 Å². The van der Waals surface area contributed by atoms with Crippen molar-refractivity contribution in [2.75, 3.05) is 44.4 Å². The van der Waals surface area contributed by atoms with Crippen LogP contribution in [0.4, 0.5) is 11.6 Å². The first kappa shape index (κ1) is 20.8. The van der Waals surface area contributed by atoms with E-state index < -0.39 is 0 Å². The van der Waals surface area contributed by atoms with E-state index in [1.807, 2.05) is 25.1 Å². The van der Waals surface area contributed by atoms with Crippen molar-refractivity contribution in [1.29, 1.82) is 0 Å². The van der Waals surface area contributed by atoms with Crippen molar-refractivity contribution in [3.05, 3.63) is 42.4 Å². The Kier molecular flexibility index (Phi) is 5.27. The number of anilines is 2. The number of methoxy groups -OCH3 is 1. The number of hydrogen-bond acceptors (Lipinski definition) is 7. The number of fused-ring (bicyclic) bond motifs is 1. The van der Waals surface area contributed by atoms with Crippen LogP contribution >= 0.6 is 0 Å². The van der Waals surface area contributed by atoms with Gasteiger partial charge in [0.15, 0.2) is 0 Å². The van der Waals surface area contributed by atoms with E-state index in [4.69, 9.17) is 10.5 Å². The van der Waals surface area contributed by atoms with Gasteiger partial charge in [-0.1, -0.05) is 0 Å². The summed E-state index contributed by atoms with van der Waals surface area (Å²) in [5.74, 6) is 1.05. The van der Waals surface area contributed by atoms with Crippen LogP contribution in [0.25, 0.3) is 22.0 Å². The molecule has 4 heterocycles. The maximum absolute atomic E-state index is 13.0. The molecule has 0 radical (unpaired) electrons. The second kappa shape index (κ2) is 8.11. The third-order valence-electron chi connectivity index (χ3n) is 6.89. The first-order valence-electron chi connectivity index (χ1n) is 11.0. The molecule has 166 valence electrons. The summed E-state index contributed by atoms with van der Waals surface area (Å²) in [6, 6.07) is 5.78. The minimum absolute atomic E-state index is 0.0451. The van der Waals surface area contributed by atoms with Crippen molar-refractivity contribution >= 4 is 28.3 Å². The molecule has 2 fully saturated rings. The maximum atomic E-state index is 13.0. The molecule has 8 heteroatoms. The number of amides is 1. The van der Waals surface area contributed by atoms with E-state index in [9.17, 15) is 4.79 Å². The Morgan fingerprint density at radius 3 is 3.06 bits per heavy atom. The molecular weight excluding hydrogens is 404 g/mol. The van der Waals surface area contributed by atoms with E-state index in [1.54, 1.807) is 25.7 Å². The topological polar surface area (TPSA) is 106 Å². The highest BCUT2D eigenvalue weighted by Crippen LogP contribution is 2.58. The predicted molar refractivity (Wildman–Crippen MR) is 124 cm³/mol. The molecule has 1 spiro atoms. The molecule has 0 bridgehead atoms. The summed E-state index contributed by atoms with van der Waals surface area (Å²) in [4.78, 5) is 28.5. The molecule has 0 aromatic carbocycles. The maximum Gasteiger partial charge on any atom is 0.229 e. The van der Waals surface area contributed by atoms with Crippen LogP contribution in [0, 0.1) is 18.3 Å². The lowest BCUT2D eigenvalue weighted by Gasteiger charge is -2.15. The highest BCUT2D eigenvalue weighted by molar-refractivity contribution is 5.98. The van der Waals surface area contributed by atoms with E-state index in [1.165, 1.54) is 0 Å². The molecule has 2 unspecified atom stereocenters.